The molecule has 0 bridgehead atoms. The molecule has 1 N–H and O–H groups in total. The van der Waals surface area contributed by atoms with Crippen LogP contribution in [0.15, 0.2) is 24.3 Å². The van der Waals surface area contributed by atoms with Gasteiger partial charge >= 0.3 is 12.1 Å². The van der Waals surface area contributed by atoms with Crippen LogP contribution in [0.2, 0.25) is 0 Å². The number of aliphatic carboxylic acids is 1. The van der Waals surface area contributed by atoms with Gasteiger partial charge in [0.15, 0.2) is 0 Å². The number of carboxylic acid groups (broad SMARTS) is 1. The second-order valence-electron chi connectivity index (χ2n) is 5.69. The minimum atomic E-state index is -1.08. The minimum absolute atomic E-state index is 0.0343. The van der Waals surface area contributed by atoms with E-state index in [-0.39, 0.29) is 43.1 Å². The van der Waals surface area contributed by atoms with Gasteiger partial charge < -0.3 is 19.5 Å². The lowest BCUT2D eigenvalue weighted by atomic mass is 9.95. The van der Waals surface area contributed by atoms with Crippen molar-refractivity contribution in [2.24, 2.45) is 5.92 Å². The van der Waals surface area contributed by atoms with E-state index in [1.54, 1.807) is 6.26 Å². The molecule has 1 fully saturated rings. The normalized spacial score (nSPS) is 18.6. The predicted octanol–water partition coefficient (Wildman–Crippen LogP) is 1.87. The van der Waals surface area contributed by atoms with Crippen molar-refractivity contribution >= 4 is 35.5 Å². The zero-order chi connectivity index (χ0) is 20.0. The number of non-ortho nitro benzene ring substituents is 1. The number of nitrogens with zero attached hydrogens (tertiary/aromatic N) is 2. The fraction of sp³-hybridized carbons (Fsp3) is 0.438. The Bertz CT molecular complexity index is 724. The standard InChI is InChI=1S/C16H18N2O8S/c1-27-15-12(14(21)17(15)8-13(19)20)6-7-25-16(22)26-9-10-2-4-11(5-3-10)18(23)24/h2-5,12,15H,6-9H2,1H3,(H,19,20)/t12-,15+/m0/s1. The van der Waals surface area contributed by atoms with Crippen LogP contribution >= 0.6 is 11.8 Å². The maximum atomic E-state index is 12.0. The van der Waals surface area contributed by atoms with Crippen LogP contribution in [0, 0.1) is 16.0 Å². The highest BCUT2D eigenvalue weighted by Gasteiger charge is 2.47. The van der Waals surface area contributed by atoms with Crippen LogP contribution in [-0.4, -0.2) is 57.7 Å². The van der Waals surface area contributed by atoms with E-state index in [0.29, 0.717) is 5.56 Å². The Balaban J connectivity index is 1.71. The average Bonchev–Trinajstić information content (AvgIpc) is 2.64. The lowest BCUT2D eigenvalue weighted by Crippen LogP contribution is -2.60. The van der Waals surface area contributed by atoms with Crippen molar-refractivity contribution in [1.82, 2.24) is 4.90 Å². The molecular formula is C16H18N2O8S. The van der Waals surface area contributed by atoms with Gasteiger partial charge in [0, 0.05) is 12.1 Å². The number of ether oxygens (including phenoxy) is 2. The lowest BCUT2D eigenvalue weighted by molar-refractivity contribution is -0.384. The van der Waals surface area contributed by atoms with E-state index < -0.39 is 23.0 Å². The summed E-state index contributed by atoms with van der Waals surface area (Å²) >= 11 is 1.37. The summed E-state index contributed by atoms with van der Waals surface area (Å²) in [5.41, 5.74) is 0.505. The number of rotatable bonds is 9. The monoisotopic (exact) mass is 398 g/mol. The Hall–Kier alpha value is -2.82. The Morgan fingerprint density at radius 2 is 1.96 bits per heavy atom. The molecule has 146 valence electrons. The molecule has 1 aliphatic rings. The van der Waals surface area contributed by atoms with Crippen LogP contribution in [0.25, 0.3) is 0 Å². The van der Waals surface area contributed by atoms with Crippen molar-refractivity contribution in [2.75, 3.05) is 19.4 Å². The Morgan fingerprint density at radius 3 is 2.52 bits per heavy atom. The molecule has 1 saturated heterocycles. The number of thioether (sulfide) groups is 1. The molecule has 1 aromatic rings. The van der Waals surface area contributed by atoms with E-state index in [1.807, 2.05) is 0 Å². The van der Waals surface area contributed by atoms with Crippen molar-refractivity contribution in [3.63, 3.8) is 0 Å². The molecule has 0 unspecified atom stereocenters. The molecular weight excluding hydrogens is 380 g/mol. The van der Waals surface area contributed by atoms with Gasteiger partial charge in [0.2, 0.25) is 5.91 Å². The van der Waals surface area contributed by atoms with E-state index >= 15 is 0 Å². The van der Waals surface area contributed by atoms with Gasteiger partial charge in [-0.2, -0.15) is 0 Å². The summed E-state index contributed by atoms with van der Waals surface area (Å²) in [7, 11) is 0. The van der Waals surface area contributed by atoms with Crippen LogP contribution in [0.1, 0.15) is 12.0 Å². The van der Waals surface area contributed by atoms with E-state index in [2.05, 4.69) is 0 Å². The number of benzene rings is 1. The highest BCUT2D eigenvalue weighted by atomic mass is 32.2. The molecule has 1 amide bonds. The third kappa shape index (κ3) is 5.33. The summed E-state index contributed by atoms with van der Waals surface area (Å²) in [5, 5.41) is 19.1. The zero-order valence-electron chi connectivity index (χ0n) is 14.4. The van der Waals surface area contributed by atoms with Gasteiger partial charge in [-0.25, -0.2) is 4.79 Å². The van der Waals surface area contributed by atoms with Crippen LogP contribution in [0.5, 0.6) is 0 Å². The number of β-lactam (4-membered cyclic amide) rings is 1. The Labute approximate surface area is 158 Å². The van der Waals surface area contributed by atoms with Crippen molar-refractivity contribution in [3.8, 4) is 0 Å². The number of amides is 1. The quantitative estimate of drug-likeness (QED) is 0.286. The van der Waals surface area contributed by atoms with E-state index in [0.717, 1.165) is 0 Å². The molecule has 0 aliphatic carbocycles. The largest absolute Gasteiger partial charge is 0.508 e. The van der Waals surface area contributed by atoms with Gasteiger partial charge in [-0.1, -0.05) is 0 Å². The number of hydrogen-bond acceptors (Lipinski definition) is 8. The van der Waals surface area contributed by atoms with Crippen molar-refractivity contribution < 1.29 is 33.9 Å². The van der Waals surface area contributed by atoms with Gasteiger partial charge in [0.05, 0.1) is 22.8 Å². The molecule has 0 aromatic heterocycles. The second kappa shape index (κ2) is 9.21. The molecule has 11 heteroatoms. The second-order valence-corrected chi connectivity index (χ2v) is 6.65. The summed E-state index contributed by atoms with van der Waals surface area (Å²) in [5.74, 6) is -1.76. The first-order chi connectivity index (χ1) is 12.8. The molecule has 1 heterocycles. The summed E-state index contributed by atoms with van der Waals surface area (Å²) < 4.78 is 9.83. The molecule has 0 saturated carbocycles. The third-order valence-corrected chi connectivity index (χ3v) is 5.02. The maximum absolute atomic E-state index is 12.0. The number of likely N-dealkylation sites (tertiary alicyclic amines) is 1. The smallest absolute Gasteiger partial charge is 0.480 e. The van der Waals surface area contributed by atoms with Gasteiger partial charge in [-0.3, -0.25) is 19.7 Å². The van der Waals surface area contributed by atoms with Crippen LogP contribution in [-0.2, 0) is 25.7 Å². The SMILES string of the molecule is CS[C@@H]1[C@@H](CCOC(=O)OCc2ccc([N+](=O)[O-])cc2)C(=O)N1CC(=O)O. The summed E-state index contributed by atoms with van der Waals surface area (Å²) in [6.45, 7) is -0.481. The summed E-state index contributed by atoms with van der Waals surface area (Å²) in [6.07, 6.45) is 1.13. The maximum Gasteiger partial charge on any atom is 0.508 e. The fourth-order valence-corrected chi connectivity index (χ4v) is 3.65. The number of carbonyl (C=O) groups excluding carboxylic acids is 2. The molecule has 27 heavy (non-hydrogen) atoms. The third-order valence-electron chi connectivity index (χ3n) is 3.95. The molecule has 0 radical (unpaired) electrons. The molecule has 2 rings (SSSR count). The highest BCUT2D eigenvalue weighted by Crippen LogP contribution is 2.35. The van der Waals surface area contributed by atoms with E-state index in [4.69, 9.17) is 14.6 Å². The first-order valence-corrected chi connectivity index (χ1v) is 9.20. The number of nitro groups is 1. The van der Waals surface area contributed by atoms with Gasteiger partial charge in [0.25, 0.3) is 5.69 Å². The van der Waals surface area contributed by atoms with Gasteiger partial charge in [-0.05, 0) is 30.4 Å². The van der Waals surface area contributed by atoms with Gasteiger partial charge in [-0.15, -0.1) is 11.8 Å². The number of hydrogen-bond donors (Lipinski definition) is 1. The van der Waals surface area contributed by atoms with Crippen molar-refractivity contribution in [2.45, 2.75) is 18.4 Å². The van der Waals surface area contributed by atoms with E-state index in [9.17, 15) is 24.5 Å². The molecule has 0 spiro atoms. The van der Waals surface area contributed by atoms with Gasteiger partial charge in [0.1, 0.15) is 13.2 Å². The van der Waals surface area contributed by atoms with Crippen LogP contribution < -0.4 is 0 Å². The number of nitro benzene ring substituents is 1. The molecule has 1 aromatic carbocycles. The van der Waals surface area contributed by atoms with Crippen molar-refractivity contribution in [1.29, 1.82) is 0 Å². The molecule has 2 atom stereocenters. The predicted molar refractivity (Wildman–Crippen MR) is 94.0 cm³/mol. The number of carbonyl (C=O) groups is 3. The Morgan fingerprint density at radius 1 is 1.30 bits per heavy atom. The van der Waals surface area contributed by atoms with Crippen LogP contribution in [0.3, 0.4) is 0 Å². The van der Waals surface area contributed by atoms with E-state index in [1.165, 1.54) is 40.9 Å². The average molecular weight is 398 g/mol. The highest BCUT2D eigenvalue weighted by molar-refractivity contribution is 7.99. The van der Waals surface area contributed by atoms with Crippen molar-refractivity contribution in [3.05, 3.63) is 39.9 Å². The lowest BCUT2D eigenvalue weighted by Gasteiger charge is -2.45. The Kier molecular flexibility index (Phi) is 6.99. The fourth-order valence-electron chi connectivity index (χ4n) is 2.63. The summed E-state index contributed by atoms with van der Waals surface area (Å²) in [6, 6.07) is 5.55. The zero-order valence-corrected chi connectivity index (χ0v) is 15.2. The molecule has 10 nitrogen and oxygen atoms in total. The molecule has 1 aliphatic heterocycles. The number of carboxylic acids is 1. The topological polar surface area (TPSA) is 136 Å². The first kappa shape index (κ1) is 20.5. The first-order valence-electron chi connectivity index (χ1n) is 7.91. The van der Waals surface area contributed by atoms with Crippen LogP contribution in [0.4, 0.5) is 10.5 Å². The minimum Gasteiger partial charge on any atom is -0.480 e. The summed E-state index contributed by atoms with van der Waals surface area (Å²) in [4.78, 5) is 45.6.